The molecule has 0 aliphatic rings. The fourth-order valence-electron chi connectivity index (χ4n) is 1.94. The highest BCUT2D eigenvalue weighted by Gasteiger charge is 2.14. The lowest BCUT2D eigenvalue weighted by atomic mass is 10.1. The van der Waals surface area contributed by atoms with Gasteiger partial charge in [0.2, 0.25) is 0 Å². The Kier molecular flexibility index (Phi) is 4.76. The molecule has 2 aromatic rings. The fraction of sp³-hybridized carbons (Fsp3) is 0.133. The van der Waals surface area contributed by atoms with Crippen molar-refractivity contribution in [2.45, 2.75) is 13.0 Å². The summed E-state index contributed by atoms with van der Waals surface area (Å²) < 4.78 is 0.986. The van der Waals surface area contributed by atoms with Gasteiger partial charge in [0.05, 0.1) is 17.3 Å². The number of amides is 1. The number of carbonyl (C=O) groups excluding carboxylic acids is 1. The van der Waals surface area contributed by atoms with E-state index in [1.807, 2.05) is 37.3 Å². The monoisotopic (exact) mass is 333 g/mol. The largest absolute Gasteiger partial charge is 0.345 e. The zero-order chi connectivity index (χ0) is 14.5. The van der Waals surface area contributed by atoms with Crippen molar-refractivity contribution in [2.75, 3.05) is 5.43 Å². The normalized spacial score (nSPS) is 11.8. The molecule has 4 nitrogen and oxygen atoms in total. The Morgan fingerprint density at radius 1 is 1.20 bits per heavy atom. The van der Waals surface area contributed by atoms with Crippen molar-refractivity contribution in [2.24, 2.45) is 5.84 Å². The van der Waals surface area contributed by atoms with Gasteiger partial charge in [-0.05, 0) is 36.8 Å². The molecule has 0 bridgehead atoms. The number of nitrogens with one attached hydrogen (secondary N) is 2. The zero-order valence-electron chi connectivity index (χ0n) is 11.1. The molecule has 0 spiro atoms. The average molecular weight is 334 g/mol. The van der Waals surface area contributed by atoms with Gasteiger partial charge in [0.1, 0.15) is 0 Å². The first-order valence-corrected chi connectivity index (χ1v) is 7.03. The zero-order valence-corrected chi connectivity index (χ0v) is 12.6. The standard InChI is InChI=1S/C15H16BrN3O/c1-10(11-5-4-6-12(16)9-11)18-15(20)13-7-2-3-8-14(13)19-17/h2-10,19H,17H2,1H3,(H,18,20). The number of benzene rings is 2. The first kappa shape index (κ1) is 14.6. The maximum Gasteiger partial charge on any atom is 0.253 e. The summed E-state index contributed by atoms with van der Waals surface area (Å²) in [7, 11) is 0. The Morgan fingerprint density at radius 2 is 1.95 bits per heavy atom. The molecule has 0 aliphatic carbocycles. The second kappa shape index (κ2) is 6.54. The molecule has 1 atom stereocenters. The Morgan fingerprint density at radius 3 is 2.65 bits per heavy atom. The number of nitrogen functional groups attached to an aromatic ring is 1. The van der Waals surface area contributed by atoms with Crippen molar-refractivity contribution in [1.82, 2.24) is 5.32 Å². The molecule has 20 heavy (non-hydrogen) atoms. The van der Waals surface area contributed by atoms with E-state index in [2.05, 4.69) is 26.7 Å². The minimum atomic E-state index is -0.161. The molecule has 0 fully saturated rings. The van der Waals surface area contributed by atoms with E-state index in [1.54, 1.807) is 18.2 Å². The minimum Gasteiger partial charge on any atom is -0.345 e. The van der Waals surface area contributed by atoms with Crippen molar-refractivity contribution in [3.8, 4) is 0 Å². The Balaban J connectivity index is 2.15. The van der Waals surface area contributed by atoms with E-state index in [4.69, 9.17) is 5.84 Å². The van der Waals surface area contributed by atoms with Gasteiger partial charge < -0.3 is 10.7 Å². The number of anilines is 1. The van der Waals surface area contributed by atoms with Gasteiger partial charge in [-0.25, -0.2) is 0 Å². The number of hydrogen-bond donors (Lipinski definition) is 3. The predicted octanol–water partition coefficient (Wildman–Crippen LogP) is 3.23. The second-order valence-corrected chi connectivity index (χ2v) is 5.36. The van der Waals surface area contributed by atoms with E-state index >= 15 is 0 Å². The molecule has 104 valence electrons. The third-order valence-electron chi connectivity index (χ3n) is 3.02. The molecule has 2 rings (SSSR count). The smallest absolute Gasteiger partial charge is 0.253 e. The van der Waals surface area contributed by atoms with Crippen molar-refractivity contribution < 1.29 is 4.79 Å². The molecule has 0 heterocycles. The summed E-state index contributed by atoms with van der Waals surface area (Å²) in [6.07, 6.45) is 0. The van der Waals surface area contributed by atoms with Crippen molar-refractivity contribution in [3.05, 3.63) is 64.1 Å². The highest BCUT2D eigenvalue weighted by atomic mass is 79.9. The van der Waals surface area contributed by atoms with Crippen LogP contribution in [0.2, 0.25) is 0 Å². The molecule has 2 aromatic carbocycles. The summed E-state index contributed by atoms with van der Waals surface area (Å²) in [6, 6.07) is 14.9. The van der Waals surface area contributed by atoms with Crippen LogP contribution in [0.25, 0.3) is 0 Å². The van der Waals surface area contributed by atoms with Gasteiger partial charge >= 0.3 is 0 Å². The van der Waals surface area contributed by atoms with Crippen LogP contribution in [0, 0.1) is 0 Å². The van der Waals surface area contributed by atoms with Crippen molar-refractivity contribution in [1.29, 1.82) is 0 Å². The molecular formula is C15H16BrN3O. The molecule has 1 amide bonds. The number of rotatable bonds is 4. The number of para-hydroxylation sites is 1. The highest BCUT2D eigenvalue weighted by molar-refractivity contribution is 9.10. The third kappa shape index (κ3) is 3.37. The van der Waals surface area contributed by atoms with E-state index in [0.29, 0.717) is 11.3 Å². The SMILES string of the molecule is CC(NC(=O)c1ccccc1NN)c1cccc(Br)c1. The lowest BCUT2D eigenvalue weighted by Gasteiger charge is -2.16. The van der Waals surface area contributed by atoms with Gasteiger partial charge in [-0.2, -0.15) is 0 Å². The number of nitrogens with two attached hydrogens (primary N) is 1. The van der Waals surface area contributed by atoms with E-state index in [0.717, 1.165) is 10.0 Å². The topological polar surface area (TPSA) is 67.2 Å². The van der Waals surface area contributed by atoms with Crippen LogP contribution in [0.3, 0.4) is 0 Å². The first-order chi connectivity index (χ1) is 9.61. The maximum atomic E-state index is 12.3. The van der Waals surface area contributed by atoms with Crippen LogP contribution in [0.15, 0.2) is 53.0 Å². The molecule has 0 saturated carbocycles. The second-order valence-electron chi connectivity index (χ2n) is 4.44. The molecular weight excluding hydrogens is 318 g/mol. The molecule has 1 unspecified atom stereocenters. The molecule has 0 aliphatic heterocycles. The van der Waals surface area contributed by atoms with Gasteiger partial charge in [-0.3, -0.25) is 10.6 Å². The Labute approximate surface area is 126 Å². The molecule has 0 saturated heterocycles. The minimum absolute atomic E-state index is 0.0918. The third-order valence-corrected chi connectivity index (χ3v) is 3.52. The van der Waals surface area contributed by atoms with E-state index in [-0.39, 0.29) is 11.9 Å². The van der Waals surface area contributed by atoms with Crippen LogP contribution in [0.4, 0.5) is 5.69 Å². The van der Waals surface area contributed by atoms with Crippen LogP contribution < -0.4 is 16.6 Å². The summed E-state index contributed by atoms with van der Waals surface area (Å²) in [5, 5.41) is 2.96. The van der Waals surface area contributed by atoms with Gasteiger partial charge in [-0.1, -0.05) is 40.2 Å². The number of halogens is 1. The van der Waals surface area contributed by atoms with Crippen LogP contribution in [-0.4, -0.2) is 5.91 Å². The summed E-state index contributed by atoms with van der Waals surface area (Å²) in [4.78, 5) is 12.3. The van der Waals surface area contributed by atoms with Gasteiger partial charge in [0.15, 0.2) is 0 Å². The Bertz CT molecular complexity index is 616. The van der Waals surface area contributed by atoms with Crippen LogP contribution in [0.1, 0.15) is 28.9 Å². The van der Waals surface area contributed by atoms with Gasteiger partial charge in [0, 0.05) is 4.47 Å². The van der Waals surface area contributed by atoms with Crippen LogP contribution >= 0.6 is 15.9 Å². The van der Waals surface area contributed by atoms with E-state index in [9.17, 15) is 4.79 Å². The first-order valence-electron chi connectivity index (χ1n) is 6.24. The van der Waals surface area contributed by atoms with Crippen LogP contribution in [-0.2, 0) is 0 Å². The number of carbonyl (C=O) groups is 1. The Hall–Kier alpha value is -1.85. The highest BCUT2D eigenvalue weighted by Crippen LogP contribution is 2.19. The summed E-state index contributed by atoms with van der Waals surface area (Å²) in [5.41, 5.74) is 4.69. The predicted molar refractivity (Wildman–Crippen MR) is 84.3 cm³/mol. The number of hydrazine groups is 1. The van der Waals surface area contributed by atoms with Crippen LogP contribution in [0.5, 0.6) is 0 Å². The van der Waals surface area contributed by atoms with E-state index < -0.39 is 0 Å². The molecule has 0 aromatic heterocycles. The van der Waals surface area contributed by atoms with Crippen molar-refractivity contribution >= 4 is 27.5 Å². The lowest BCUT2D eigenvalue weighted by Crippen LogP contribution is -2.28. The molecule has 5 heteroatoms. The molecule has 0 radical (unpaired) electrons. The summed E-state index contributed by atoms with van der Waals surface area (Å²) >= 11 is 3.43. The van der Waals surface area contributed by atoms with Gasteiger partial charge in [0.25, 0.3) is 5.91 Å². The molecule has 4 N–H and O–H groups in total. The lowest BCUT2D eigenvalue weighted by molar-refractivity contribution is 0.0940. The average Bonchev–Trinajstić information content (AvgIpc) is 2.47. The number of hydrogen-bond acceptors (Lipinski definition) is 3. The quantitative estimate of drug-likeness (QED) is 0.594. The summed E-state index contributed by atoms with van der Waals surface area (Å²) in [5.74, 6) is 5.25. The summed E-state index contributed by atoms with van der Waals surface area (Å²) in [6.45, 7) is 1.94. The fourth-order valence-corrected chi connectivity index (χ4v) is 2.36. The maximum absolute atomic E-state index is 12.3. The van der Waals surface area contributed by atoms with Gasteiger partial charge in [-0.15, -0.1) is 0 Å². The van der Waals surface area contributed by atoms with E-state index in [1.165, 1.54) is 0 Å². The van der Waals surface area contributed by atoms with Crippen molar-refractivity contribution in [3.63, 3.8) is 0 Å².